The van der Waals surface area contributed by atoms with Gasteiger partial charge in [0.1, 0.15) is 17.5 Å². The molecule has 33 heavy (non-hydrogen) atoms. The molecule has 3 N–H and O–H groups in total. The van der Waals surface area contributed by atoms with Crippen molar-refractivity contribution in [2.75, 3.05) is 17.6 Å². The van der Waals surface area contributed by atoms with Crippen LogP contribution < -0.4 is 11.1 Å². The molecule has 8 heteroatoms. The van der Waals surface area contributed by atoms with E-state index in [0.717, 1.165) is 6.42 Å². The number of hydrogen-bond donors (Lipinski definition) is 2. The van der Waals surface area contributed by atoms with Gasteiger partial charge in [0.15, 0.2) is 5.65 Å². The Morgan fingerprint density at radius 2 is 1.64 bits per heavy atom. The minimum absolute atomic E-state index is 0.284. The average Bonchev–Trinajstić information content (AvgIpc) is 3.16. The molecule has 0 bridgehead atoms. The first kappa shape index (κ1) is 20.6. The standard InChI is InChI=1S/C25H20F2N6/c26-18-9-11-20(12-10-18)33-23(28)21-22(17-7-4-8-19(27)15-17)30-25(31-24(21)32-33)29-14-13-16-5-2-1-3-6-16/h1-12,15H,13-14,28H2,(H,29,31,32). The molecule has 0 fully saturated rings. The molecule has 5 aromatic rings. The molecule has 0 radical (unpaired) electrons. The predicted octanol–water partition coefficient (Wildman–Crippen LogP) is 5.00. The van der Waals surface area contributed by atoms with Crippen LogP contribution in [0.3, 0.4) is 0 Å². The number of halogens is 2. The molecule has 164 valence electrons. The molecule has 0 aliphatic heterocycles. The summed E-state index contributed by atoms with van der Waals surface area (Å²) in [4.78, 5) is 9.18. The highest BCUT2D eigenvalue weighted by Crippen LogP contribution is 2.33. The van der Waals surface area contributed by atoms with Gasteiger partial charge in [0.05, 0.1) is 16.8 Å². The van der Waals surface area contributed by atoms with E-state index in [2.05, 4.69) is 32.5 Å². The van der Waals surface area contributed by atoms with Crippen molar-refractivity contribution < 1.29 is 8.78 Å². The van der Waals surface area contributed by atoms with E-state index in [-0.39, 0.29) is 17.5 Å². The Morgan fingerprint density at radius 3 is 2.39 bits per heavy atom. The van der Waals surface area contributed by atoms with Crippen molar-refractivity contribution in [2.24, 2.45) is 0 Å². The summed E-state index contributed by atoms with van der Waals surface area (Å²) in [6, 6.07) is 22.0. The number of nitrogens with one attached hydrogen (secondary N) is 1. The van der Waals surface area contributed by atoms with E-state index >= 15 is 0 Å². The fourth-order valence-corrected chi connectivity index (χ4v) is 3.68. The molecular formula is C25H20F2N6. The van der Waals surface area contributed by atoms with Gasteiger partial charge in [-0.3, -0.25) is 0 Å². The number of nitrogens with two attached hydrogens (primary N) is 1. The van der Waals surface area contributed by atoms with Gasteiger partial charge in [0, 0.05) is 12.1 Å². The molecule has 0 aliphatic carbocycles. The lowest BCUT2D eigenvalue weighted by Gasteiger charge is -2.09. The fourth-order valence-electron chi connectivity index (χ4n) is 3.68. The molecule has 0 saturated heterocycles. The van der Waals surface area contributed by atoms with Crippen LogP contribution in [0, 0.1) is 11.6 Å². The molecule has 0 unspecified atom stereocenters. The zero-order valence-corrected chi connectivity index (χ0v) is 17.5. The van der Waals surface area contributed by atoms with Crippen molar-refractivity contribution in [2.45, 2.75) is 6.42 Å². The third-order valence-corrected chi connectivity index (χ3v) is 5.28. The van der Waals surface area contributed by atoms with Crippen LogP contribution in [0.5, 0.6) is 0 Å². The quantitative estimate of drug-likeness (QED) is 0.387. The first-order valence-corrected chi connectivity index (χ1v) is 10.4. The summed E-state index contributed by atoms with van der Waals surface area (Å²) in [6.07, 6.45) is 0.781. The first-order chi connectivity index (χ1) is 16.1. The van der Waals surface area contributed by atoms with Crippen molar-refractivity contribution in [1.29, 1.82) is 0 Å². The smallest absolute Gasteiger partial charge is 0.225 e. The molecule has 5 rings (SSSR count). The van der Waals surface area contributed by atoms with Gasteiger partial charge in [-0.1, -0.05) is 42.5 Å². The summed E-state index contributed by atoms with van der Waals surface area (Å²) in [5.41, 5.74) is 9.56. The second-order valence-electron chi connectivity index (χ2n) is 7.54. The van der Waals surface area contributed by atoms with Gasteiger partial charge in [-0.05, 0) is 48.4 Å². The number of benzene rings is 3. The zero-order valence-electron chi connectivity index (χ0n) is 17.5. The van der Waals surface area contributed by atoms with Crippen LogP contribution in [0.1, 0.15) is 5.56 Å². The Bertz CT molecular complexity index is 1410. The highest BCUT2D eigenvalue weighted by Gasteiger charge is 2.19. The van der Waals surface area contributed by atoms with Gasteiger partial charge in [-0.25, -0.2) is 18.4 Å². The van der Waals surface area contributed by atoms with Gasteiger partial charge in [-0.15, -0.1) is 5.10 Å². The van der Waals surface area contributed by atoms with Crippen molar-refractivity contribution in [3.8, 4) is 16.9 Å². The molecule has 0 amide bonds. The van der Waals surface area contributed by atoms with E-state index in [0.29, 0.717) is 40.5 Å². The number of fused-ring (bicyclic) bond motifs is 1. The van der Waals surface area contributed by atoms with E-state index in [4.69, 9.17) is 5.73 Å². The molecule has 0 aliphatic rings. The second-order valence-corrected chi connectivity index (χ2v) is 7.54. The molecular weight excluding hydrogens is 422 g/mol. The molecule has 0 atom stereocenters. The maximum absolute atomic E-state index is 14.0. The van der Waals surface area contributed by atoms with Crippen molar-refractivity contribution in [1.82, 2.24) is 19.7 Å². The summed E-state index contributed by atoms with van der Waals surface area (Å²) >= 11 is 0. The summed E-state index contributed by atoms with van der Waals surface area (Å²) in [5.74, 6) is -0.102. The zero-order chi connectivity index (χ0) is 22.8. The normalized spacial score (nSPS) is 11.1. The fraction of sp³-hybridized carbons (Fsp3) is 0.0800. The topological polar surface area (TPSA) is 81.7 Å². The van der Waals surface area contributed by atoms with Crippen molar-refractivity contribution in [3.05, 3.63) is 96.1 Å². The highest BCUT2D eigenvalue weighted by molar-refractivity contribution is 5.99. The van der Waals surface area contributed by atoms with E-state index in [1.54, 1.807) is 24.3 Å². The number of anilines is 2. The van der Waals surface area contributed by atoms with E-state index in [1.807, 2.05) is 18.2 Å². The Kier molecular flexibility index (Phi) is 5.40. The SMILES string of the molecule is Nc1c2c(-c3cccc(F)c3)nc(NCCc3ccccc3)nc2nn1-c1ccc(F)cc1. The van der Waals surface area contributed by atoms with Gasteiger partial charge in [-0.2, -0.15) is 4.98 Å². The van der Waals surface area contributed by atoms with E-state index < -0.39 is 0 Å². The Labute approximate surface area is 188 Å². The predicted molar refractivity (Wildman–Crippen MR) is 125 cm³/mol. The summed E-state index contributed by atoms with van der Waals surface area (Å²) < 4.78 is 28.9. The maximum atomic E-state index is 14.0. The van der Waals surface area contributed by atoms with Crippen LogP contribution in [0.2, 0.25) is 0 Å². The van der Waals surface area contributed by atoms with E-state index in [1.165, 1.54) is 34.5 Å². The lowest BCUT2D eigenvalue weighted by molar-refractivity contribution is 0.627. The average molecular weight is 442 g/mol. The second kappa shape index (κ2) is 8.66. The summed E-state index contributed by atoms with van der Waals surface area (Å²) in [6.45, 7) is 0.603. The van der Waals surface area contributed by atoms with Crippen molar-refractivity contribution in [3.63, 3.8) is 0 Å². The largest absolute Gasteiger partial charge is 0.383 e. The first-order valence-electron chi connectivity index (χ1n) is 10.4. The van der Waals surface area contributed by atoms with Crippen molar-refractivity contribution >= 4 is 22.8 Å². The Hall–Kier alpha value is -4.33. The maximum Gasteiger partial charge on any atom is 0.225 e. The van der Waals surface area contributed by atoms with Crippen LogP contribution in [-0.4, -0.2) is 26.3 Å². The molecule has 0 saturated carbocycles. The minimum Gasteiger partial charge on any atom is -0.383 e. The number of hydrogen-bond acceptors (Lipinski definition) is 5. The number of rotatable bonds is 6. The van der Waals surface area contributed by atoms with Gasteiger partial charge >= 0.3 is 0 Å². The lowest BCUT2D eigenvalue weighted by atomic mass is 10.1. The molecule has 6 nitrogen and oxygen atoms in total. The third kappa shape index (κ3) is 4.23. The van der Waals surface area contributed by atoms with Gasteiger partial charge in [0.25, 0.3) is 0 Å². The van der Waals surface area contributed by atoms with Crippen LogP contribution >= 0.6 is 0 Å². The Balaban J connectivity index is 1.58. The van der Waals surface area contributed by atoms with Gasteiger partial charge < -0.3 is 11.1 Å². The highest BCUT2D eigenvalue weighted by atomic mass is 19.1. The molecule has 3 aromatic carbocycles. The monoisotopic (exact) mass is 442 g/mol. The Morgan fingerprint density at radius 1 is 0.848 bits per heavy atom. The van der Waals surface area contributed by atoms with Gasteiger partial charge in [0.2, 0.25) is 5.95 Å². The van der Waals surface area contributed by atoms with Crippen LogP contribution in [0.15, 0.2) is 78.9 Å². The van der Waals surface area contributed by atoms with Crippen LogP contribution in [-0.2, 0) is 6.42 Å². The number of nitrogen functional groups attached to an aromatic ring is 1. The number of aromatic nitrogens is 4. The summed E-state index contributed by atoms with van der Waals surface area (Å²) in [5, 5.41) is 8.26. The van der Waals surface area contributed by atoms with Crippen LogP contribution in [0.25, 0.3) is 28.0 Å². The number of nitrogens with zero attached hydrogens (tertiary/aromatic N) is 4. The lowest BCUT2D eigenvalue weighted by Crippen LogP contribution is -2.08. The molecule has 2 heterocycles. The summed E-state index contributed by atoms with van der Waals surface area (Å²) in [7, 11) is 0. The minimum atomic E-state index is -0.387. The third-order valence-electron chi connectivity index (χ3n) is 5.28. The molecule has 0 spiro atoms. The van der Waals surface area contributed by atoms with Crippen LogP contribution in [0.4, 0.5) is 20.5 Å². The van der Waals surface area contributed by atoms with E-state index in [9.17, 15) is 8.78 Å². The molecule has 2 aromatic heterocycles.